The van der Waals surface area contributed by atoms with Gasteiger partial charge in [-0.15, -0.1) is 0 Å². The van der Waals surface area contributed by atoms with E-state index in [1.165, 1.54) is 15.9 Å². The summed E-state index contributed by atoms with van der Waals surface area (Å²) in [5.41, 5.74) is 0.743. The van der Waals surface area contributed by atoms with Crippen LogP contribution in [0.1, 0.15) is 115 Å². The number of anilines is 2. The first-order valence-electron chi connectivity index (χ1n) is 21.2. The highest BCUT2D eigenvalue weighted by atomic mass is 19.4. The van der Waals surface area contributed by atoms with Gasteiger partial charge in [-0.1, -0.05) is 59.6 Å². The molecule has 0 radical (unpaired) electrons. The maximum Gasteiger partial charge on any atom is 0.432 e. The molecule has 7 rings (SSSR count). The number of methoxy groups -OCH3 is 2. The molecule has 0 saturated heterocycles. The van der Waals surface area contributed by atoms with Crippen LogP contribution in [0.15, 0.2) is 60.8 Å². The molecule has 0 fully saturated rings. The minimum absolute atomic E-state index is 0.0741. The lowest BCUT2D eigenvalue weighted by Crippen LogP contribution is -2.35. The van der Waals surface area contributed by atoms with Crippen molar-refractivity contribution in [1.82, 2.24) is 19.9 Å². The number of halogens is 3. The average Bonchev–Trinajstić information content (AvgIpc) is 4.02. The summed E-state index contributed by atoms with van der Waals surface area (Å²) in [7, 11) is 4.40. The van der Waals surface area contributed by atoms with Crippen LogP contribution in [-0.2, 0) is 10.9 Å². The number of benzene rings is 3. The molecular formula is C47H55F3N6O7. The smallest absolute Gasteiger partial charge is 0.432 e. The van der Waals surface area contributed by atoms with Gasteiger partial charge in [0.25, 0.3) is 5.91 Å². The second-order valence-corrected chi connectivity index (χ2v) is 14.6. The Morgan fingerprint density at radius 3 is 2.35 bits per heavy atom. The normalized spacial score (nSPS) is 13.1. The molecular weight excluding hydrogens is 818 g/mol. The van der Waals surface area contributed by atoms with E-state index in [0.29, 0.717) is 37.2 Å². The topological polar surface area (TPSA) is 159 Å². The van der Waals surface area contributed by atoms with Crippen molar-refractivity contribution in [2.45, 2.75) is 78.8 Å². The zero-order valence-electron chi connectivity index (χ0n) is 36.9. The zero-order valence-corrected chi connectivity index (χ0v) is 36.9. The number of carbonyl (C=O) groups excluding carboxylic acids is 4. The maximum atomic E-state index is 14.5. The van der Waals surface area contributed by atoms with Crippen LogP contribution < -0.4 is 19.7 Å². The Bertz CT molecular complexity index is 2580. The lowest BCUT2D eigenvalue weighted by molar-refractivity contribution is -0.141. The van der Waals surface area contributed by atoms with Gasteiger partial charge in [0.1, 0.15) is 22.8 Å². The Labute approximate surface area is 364 Å². The van der Waals surface area contributed by atoms with Crippen molar-refractivity contribution >= 4 is 68.2 Å². The molecule has 13 nitrogen and oxygen atoms in total. The monoisotopic (exact) mass is 872 g/mol. The van der Waals surface area contributed by atoms with Gasteiger partial charge in [0.05, 0.1) is 31.0 Å². The van der Waals surface area contributed by atoms with Gasteiger partial charge >= 0.3 is 18.2 Å². The minimum Gasteiger partial charge on any atom is -0.496 e. The SMILES string of the molecule is CC.CCCCCN(CCC)C(=O)Oc1cc2c(c3c(C(=O)OC)c(C(F)(F)F)[nH]c13)[C@H](CC)CN2C(=O)c1cc2cc(NC)ccc2[nH]1.COc1cccc2cnc(C=O)cc12. The van der Waals surface area contributed by atoms with Crippen LogP contribution in [-0.4, -0.2) is 85.0 Å². The summed E-state index contributed by atoms with van der Waals surface area (Å²) < 4.78 is 59.3. The third kappa shape index (κ3) is 10.1. The molecule has 3 N–H and O–H groups in total. The molecule has 4 heterocycles. The lowest BCUT2D eigenvalue weighted by Gasteiger charge is -2.22. The first-order valence-corrected chi connectivity index (χ1v) is 21.2. The number of aromatic amines is 2. The van der Waals surface area contributed by atoms with E-state index in [1.54, 1.807) is 32.5 Å². The Balaban J connectivity index is 0.000000392. The molecule has 336 valence electrons. The third-order valence-electron chi connectivity index (χ3n) is 10.8. The summed E-state index contributed by atoms with van der Waals surface area (Å²) in [6.07, 6.45) is 0.377. The quantitative estimate of drug-likeness (QED) is 0.0583. The van der Waals surface area contributed by atoms with Gasteiger partial charge in [0, 0.05) is 77.6 Å². The molecule has 0 unspecified atom stereocenters. The first-order chi connectivity index (χ1) is 30.3. The van der Waals surface area contributed by atoms with E-state index < -0.39 is 41.3 Å². The van der Waals surface area contributed by atoms with Gasteiger partial charge in [0.2, 0.25) is 0 Å². The van der Waals surface area contributed by atoms with E-state index in [4.69, 9.17) is 14.2 Å². The number of unbranched alkanes of at least 4 members (excludes halogenated alkanes) is 2. The van der Waals surface area contributed by atoms with E-state index in [2.05, 4.69) is 20.3 Å². The van der Waals surface area contributed by atoms with Gasteiger partial charge in [-0.05, 0) is 61.2 Å². The third-order valence-corrected chi connectivity index (χ3v) is 10.8. The second-order valence-electron chi connectivity index (χ2n) is 14.6. The molecule has 0 saturated carbocycles. The number of alkyl halides is 3. The largest absolute Gasteiger partial charge is 0.496 e. The Morgan fingerprint density at radius 2 is 1.71 bits per heavy atom. The summed E-state index contributed by atoms with van der Waals surface area (Å²) >= 11 is 0. The molecule has 1 aliphatic heterocycles. The van der Waals surface area contributed by atoms with Crippen LogP contribution in [0.2, 0.25) is 0 Å². The van der Waals surface area contributed by atoms with Crippen LogP contribution in [0.3, 0.4) is 0 Å². The number of amides is 2. The predicted octanol–water partition coefficient (Wildman–Crippen LogP) is 11.1. The Morgan fingerprint density at radius 1 is 0.952 bits per heavy atom. The van der Waals surface area contributed by atoms with Gasteiger partial charge in [-0.2, -0.15) is 13.2 Å². The van der Waals surface area contributed by atoms with Gasteiger partial charge in [-0.25, -0.2) is 9.59 Å². The molecule has 2 amide bonds. The fourth-order valence-electron chi connectivity index (χ4n) is 7.75. The van der Waals surface area contributed by atoms with E-state index in [1.807, 2.05) is 71.0 Å². The summed E-state index contributed by atoms with van der Waals surface area (Å²) in [5.74, 6) is -1.50. The summed E-state index contributed by atoms with van der Waals surface area (Å²) in [4.78, 5) is 63.7. The van der Waals surface area contributed by atoms with E-state index in [-0.39, 0.29) is 34.6 Å². The van der Waals surface area contributed by atoms with Crippen molar-refractivity contribution in [2.75, 3.05) is 51.1 Å². The number of H-pyrrole nitrogens is 2. The maximum absolute atomic E-state index is 14.5. The van der Waals surface area contributed by atoms with Crippen molar-refractivity contribution in [3.8, 4) is 11.5 Å². The highest BCUT2D eigenvalue weighted by Gasteiger charge is 2.44. The van der Waals surface area contributed by atoms with Gasteiger partial charge in [-0.3, -0.25) is 14.6 Å². The highest BCUT2D eigenvalue weighted by Crippen LogP contribution is 2.50. The van der Waals surface area contributed by atoms with Gasteiger partial charge in [0.15, 0.2) is 12.0 Å². The number of hydrogen-bond donors (Lipinski definition) is 3. The standard InChI is InChI=1S/C34H40F3N5O5.C11H9NO2.C2H6/c1-6-9-10-14-41(13-7-2)33(45)47-25-17-24-26(27-28(32(44)46-5)30(34(35,36)37)40-29(25)27)19(8-3)18-42(24)31(43)23-16-20-15-21(38-4)11-12-22(20)39-23;1-14-11-4-2-3-8-6-12-9(7-13)5-10(8)11;1-2/h11-12,15-17,19,38-40H,6-10,13-14,18H2,1-5H3;2-7H,1H3;1-2H3/t19-;;/m1../s1. The Kier molecular flexibility index (Phi) is 15.8. The molecule has 1 atom stereocenters. The number of nitrogens with one attached hydrogen (secondary N) is 3. The average molecular weight is 873 g/mol. The van der Waals surface area contributed by atoms with E-state index >= 15 is 0 Å². The van der Waals surface area contributed by atoms with Crippen molar-refractivity contribution in [3.63, 3.8) is 0 Å². The van der Waals surface area contributed by atoms with Crippen LogP contribution in [0.5, 0.6) is 11.5 Å². The van der Waals surface area contributed by atoms with Crippen molar-refractivity contribution in [2.24, 2.45) is 0 Å². The molecule has 3 aromatic carbocycles. The summed E-state index contributed by atoms with van der Waals surface area (Å²) in [6, 6.07) is 16.1. The molecule has 16 heteroatoms. The minimum atomic E-state index is -4.96. The number of esters is 1. The zero-order chi connectivity index (χ0) is 46.0. The highest BCUT2D eigenvalue weighted by molar-refractivity contribution is 6.15. The number of aromatic nitrogens is 3. The number of fused-ring (bicyclic) bond motifs is 5. The fourth-order valence-corrected chi connectivity index (χ4v) is 7.75. The Hall–Kier alpha value is -6.58. The van der Waals surface area contributed by atoms with Crippen LogP contribution >= 0.6 is 0 Å². The van der Waals surface area contributed by atoms with Crippen LogP contribution in [0.4, 0.5) is 29.3 Å². The number of pyridine rings is 1. The lowest BCUT2D eigenvalue weighted by atomic mass is 9.92. The summed E-state index contributed by atoms with van der Waals surface area (Å²) in [5, 5.41) is 5.66. The molecule has 0 aliphatic carbocycles. The first kappa shape index (κ1) is 47.5. The predicted molar refractivity (Wildman–Crippen MR) is 240 cm³/mol. The van der Waals surface area contributed by atoms with Gasteiger partial charge < -0.3 is 39.3 Å². The fraction of sp³-hybridized carbons (Fsp3) is 0.383. The molecule has 63 heavy (non-hydrogen) atoms. The number of aldehydes is 1. The molecule has 3 aromatic heterocycles. The van der Waals surface area contributed by atoms with E-state index in [0.717, 1.165) is 65.8 Å². The molecule has 6 aromatic rings. The number of carbonyl (C=O) groups is 4. The number of rotatable bonds is 13. The second kappa shape index (κ2) is 21.0. The van der Waals surface area contributed by atoms with Crippen LogP contribution in [0, 0.1) is 0 Å². The number of nitrogens with zero attached hydrogens (tertiary/aromatic N) is 3. The molecule has 0 spiro atoms. The van der Waals surface area contributed by atoms with Crippen LogP contribution in [0.25, 0.3) is 32.6 Å². The number of ether oxygens (including phenoxy) is 3. The summed E-state index contributed by atoms with van der Waals surface area (Å²) in [6.45, 7) is 10.8. The van der Waals surface area contributed by atoms with Crippen molar-refractivity contribution in [1.29, 1.82) is 0 Å². The van der Waals surface area contributed by atoms with Crippen molar-refractivity contribution in [3.05, 3.63) is 89.0 Å². The van der Waals surface area contributed by atoms with Crippen molar-refractivity contribution < 1.29 is 46.6 Å². The molecule has 1 aliphatic rings. The molecule has 0 bridgehead atoms. The van der Waals surface area contributed by atoms with E-state index in [9.17, 15) is 32.3 Å². The number of hydrogen-bond acceptors (Lipinski definition) is 9.